The van der Waals surface area contributed by atoms with Crippen molar-refractivity contribution in [3.8, 4) is 0 Å². The van der Waals surface area contributed by atoms with Crippen LogP contribution in [0.2, 0.25) is 0 Å². The number of nitrogens with one attached hydrogen (secondary N) is 1. The van der Waals surface area contributed by atoms with E-state index in [1.165, 1.54) is 6.20 Å². The molecule has 4 N–H and O–H groups in total. The monoisotopic (exact) mass is 384 g/mol. The van der Waals surface area contributed by atoms with E-state index >= 15 is 0 Å². The number of nitrogen functional groups attached to an aromatic ring is 1. The lowest BCUT2D eigenvalue weighted by atomic mass is 9.98. The summed E-state index contributed by atoms with van der Waals surface area (Å²) >= 11 is 3.30. The van der Waals surface area contributed by atoms with Gasteiger partial charge in [0.25, 0.3) is 0 Å². The van der Waals surface area contributed by atoms with Crippen LogP contribution in [-0.4, -0.2) is 21.0 Å². The first-order valence-corrected chi connectivity index (χ1v) is 7.30. The number of halogens is 1. The van der Waals surface area contributed by atoms with Crippen molar-refractivity contribution < 1.29 is 14.8 Å². The molecule has 0 atom stereocenters. The molecule has 2 aromatic rings. The Morgan fingerprint density at radius 2 is 2.00 bits per heavy atom. The minimum absolute atomic E-state index is 0.141. The molecule has 2 rings (SSSR count). The summed E-state index contributed by atoms with van der Waals surface area (Å²) in [7, 11) is 0. The number of pyridine rings is 1. The van der Waals surface area contributed by atoms with Gasteiger partial charge in [-0.2, -0.15) is 0 Å². The first-order chi connectivity index (χ1) is 10.6. The zero-order chi connectivity index (χ0) is 17.8. The Hall–Kier alpha value is -2.26. The Bertz CT molecular complexity index is 743. The third kappa shape index (κ3) is 4.86. The van der Waals surface area contributed by atoms with Crippen molar-refractivity contribution in [2.24, 2.45) is 11.3 Å². The third-order valence-electron chi connectivity index (χ3n) is 2.79. The third-order valence-corrected chi connectivity index (χ3v) is 3.29. The maximum absolute atomic E-state index is 10.8. The minimum Gasteiger partial charge on any atom is -0.481 e. The number of nitrogens with zero attached hydrogens (tertiary/aromatic N) is 2. The van der Waals surface area contributed by atoms with Crippen LogP contribution >= 0.6 is 15.9 Å². The van der Waals surface area contributed by atoms with E-state index in [1.807, 2.05) is 0 Å². The highest BCUT2D eigenvalue weighted by Gasteiger charge is 2.19. The number of benzene rings is 1. The van der Waals surface area contributed by atoms with Crippen LogP contribution < -0.4 is 11.3 Å². The Morgan fingerprint density at radius 3 is 2.43 bits per heavy atom. The zero-order valence-electron chi connectivity index (χ0n) is 12.8. The molecule has 1 heterocycles. The lowest BCUT2D eigenvalue weighted by Crippen LogP contribution is -2.18. The molecule has 1 aromatic heterocycles. The standard InChI is InChI=1S/C9H7BrN4O2.C5H10O2/c10-5-1-2-6-7(3-5)12-4-8(14(15)16)9(6)13-11;1-5(2,3)4(6)7/h1-4H,11H2,(H,12,13);1-3H3,(H,6,7). The van der Waals surface area contributed by atoms with Crippen molar-refractivity contribution in [1.82, 2.24) is 4.98 Å². The van der Waals surface area contributed by atoms with Gasteiger partial charge in [-0.3, -0.25) is 20.8 Å². The number of carboxylic acids is 1. The summed E-state index contributed by atoms with van der Waals surface area (Å²) in [5.74, 6) is 4.54. The predicted octanol–water partition coefficient (Wildman–Crippen LogP) is 3.31. The fraction of sp³-hybridized carbons (Fsp3) is 0.286. The maximum atomic E-state index is 10.8. The molecule has 0 aliphatic heterocycles. The van der Waals surface area contributed by atoms with Crippen molar-refractivity contribution in [3.05, 3.63) is 39.0 Å². The second kappa shape index (κ2) is 7.34. The van der Waals surface area contributed by atoms with Crippen LogP contribution in [-0.2, 0) is 4.79 Å². The Balaban J connectivity index is 0.000000322. The summed E-state index contributed by atoms with van der Waals surface area (Å²) in [4.78, 5) is 24.3. The maximum Gasteiger partial charge on any atom is 0.312 e. The first kappa shape index (κ1) is 18.8. The van der Waals surface area contributed by atoms with E-state index in [-0.39, 0.29) is 11.4 Å². The quantitative estimate of drug-likeness (QED) is 0.411. The number of hydrogen-bond acceptors (Lipinski definition) is 6. The highest BCUT2D eigenvalue weighted by atomic mass is 79.9. The number of rotatable bonds is 2. The summed E-state index contributed by atoms with van der Waals surface area (Å²) in [5.41, 5.74) is 2.52. The smallest absolute Gasteiger partial charge is 0.312 e. The zero-order valence-corrected chi connectivity index (χ0v) is 14.4. The molecule has 0 aliphatic carbocycles. The van der Waals surface area contributed by atoms with Crippen molar-refractivity contribution in [2.45, 2.75) is 20.8 Å². The van der Waals surface area contributed by atoms with Gasteiger partial charge in [-0.15, -0.1) is 0 Å². The van der Waals surface area contributed by atoms with Crippen LogP contribution in [0.5, 0.6) is 0 Å². The second-order valence-electron chi connectivity index (χ2n) is 5.64. The summed E-state index contributed by atoms with van der Waals surface area (Å²) in [6.07, 6.45) is 1.18. The Labute approximate surface area is 140 Å². The second-order valence-corrected chi connectivity index (χ2v) is 6.55. The van der Waals surface area contributed by atoms with Crippen LogP contribution in [0, 0.1) is 15.5 Å². The average Bonchev–Trinajstić information content (AvgIpc) is 2.45. The topological polar surface area (TPSA) is 131 Å². The highest BCUT2D eigenvalue weighted by Crippen LogP contribution is 2.31. The van der Waals surface area contributed by atoms with Crippen molar-refractivity contribution >= 4 is 44.2 Å². The van der Waals surface area contributed by atoms with Gasteiger partial charge in [-0.1, -0.05) is 15.9 Å². The van der Waals surface area contributed by atoms with E-state index in [1.54, 1.807) is 39.0 Å². The SMILES string of the molecule is CC(C)(C)C(=O)O.NNc1c([N+](=O)[O-])cnc2cc(Br)ccc12. The van der Waals surface area contributed by atoms with Gasteiger partial charge in [-0.05, 0) is 39.0 Å². The molecule has 124 valence electrons. The van der Waals surface area contributed by atoms with E-state index in [4.69, 9.17) is 10.9 Å². The number of nitro groups is 1. The fourth-order valence-corrected chi connectivity index (χ4v) is 1.80. The lowest BCUT2D eigenvalue weighted by Gasteiger charge is -2.08. The average molecular weight is 385 g/mol. The molecular formula is C14H17BrN4O4. The number of anilines is 1. The minimum atomic E-state index is -0.757. The molecule has 1 aromatic carbocycles. The van der Waals surface area contributed by atoms with E-state index in [9.17, 15) is 14.9 Å². The number of hydrazine groups is 1. The van der Waals surface area contributed by atoms with Gasteiger partial charge >= 0.3 is 11.7 Å². The normalized spacial score (nSPS) is 10.7. The predicted molar refractivity (Wildman–Crippen MR) is 91.0 cm³/mol. The van der Waals surface area contributed by atoms with Gasteiger partial charge in [0.05, 0.1) is 15.9 Å². The largest absolute Gasteiger partial charge is 0.481 e. The molecule has 8 nitrogen and oxygen atoms in total. The van der Waals surface area contributed by atoms with E-state index in [0.717, 1.165) is 4.47 Å². The lowest BCUT2D eigenvalue weighted by molar-refractivity contribution is -0.384. The van der Waals surface area contributed by atoms with Gasteiger partial charge in [-0.25, -0.2) is 4.98 Å². The van der Waals surface area contributed by atoms with Gasteiger partial charge < -0.3 is 10.5 Å². The molecule has 0 saturated carbocycles. The van der Waals surface area contributed by atoms with E-state index in [0.29, 0.717) is 10.9 Å². The first-order valence-electron chi connectivity index (χ1n) is 6.50. The fourth-order valence-electron chi connectivity index (χ4n) is 1.45. The van der Waals surface area contributed by atoms with Crippen LogP contribution in [0.4, 0.5) is 11.4 Å². The molecule has 9 heteroatoms. The number of nitrogens with two attached hydrogens (primary N) is 1. The molecule has 0 fully saturated rings. The molecule has 0 unspecified atom stereocenters. The van der Waals surface area contributed by atoms with E-state index < -0.39 is 16.3 Å². The number of aromatic nitrogens is 1. The van der Waals surface area contributed by atoms with Crippen LogP contribution in [0.25, 0.3) is 10.9 Å². The summed E-state index contributed by atoms with van der Waals surface area (Å²) in [6, 6.07) is 5.25. The van der Waals surface area contributed by atoms with Gasteiger partial charge in [0.2, 0.25) is 0 Å². The van der Waals surface area contributed by atoms with Crippen molar-refractivity contribution in [1.29, 1.82) is 0 Å². The number of carboxylic acid groups (broad SMARTS) is 1. The molecule has 0 amide bonds. The van der Waals surface area contributed by atoms with Crippen molar-refractivity contribution in [3.63, 3.8) is 0 Å². The van der Waals surface area contributed by atoms with E-state index in [2.05, 4.69) is 26.3 Å². The Morgan fingerprint density at radius 1 is 1.43 bits per heavy atom. The van der Waals surface area contributed by atoms with Gasteiger partial charge in [0, 0.05) is 9.86 Å². The molecule has 0 spiro atoms. The molecule has 0 bridgehead atoms. The molecule has 0 saturated heterocycles. The summed E-state index contributed by atoms with van der Waals surface area (Å²) in [5, 5.41) is 19.6. The molecular weight excluding hydrogens is 368 g/mol. The number of hydrogen-bond donors (Lipinski definition) is 3. The van der Waals surface area contributed by atoms with Gasteiger partial charge in [0.15, 0.2) is 0 Å². The van der Waals surface area contributed by atoms with Gasteiger partial charge in [0.1, 0.15) is 11.9 Å². The number of aliphatic carboxylic acids is 1. The Kier molecular flexibility index (Phi) is 5.99. The number of fused-ring (bicyclic) bond motifs is 1. The van der Waals surface area contributed by atoms with Crippen LogP contribution in [0.1, 0.15) is 20.8 Å². The molecule has 0 radical (unpaired) electrons. The summed E-state index contributed by atoms with van der Waals surface area (Å²) < 4.78 is 0.851. The molecule has 0 aliphatic rings. The summed E-state index contributed by atoms with van der Waals surface area (Å²) in [6.45, 7) is 4.99. The van der Waals surface area contributed by atoms with Crippen molar-refractivity contribution in [2.75, 3.05) is 5.43 Å². The highest BCUT2D eigenvalue weighted by molar-refractivity contribution is 9.10. The van der Waals surface area contributed by atoms with Crippen LogP contribution in [0.3, 0.4) is 0 Å². The number of carbonyl (C=O) groups is 1. The molecule has 23 heavy (non-hydrogen) atoms. The van der Waals surface area contributed by atoms with Crippen LogP contribution in [0.15, 0.2) is 28.9 Å².